The van der Waals surface area contributed by atoms with Gasteiger partial charge in [0, 0.05) is 0 Å². The Hall–Kier alpha value is -1.76. The average Bonchev–Trinajstić information content (AvgIpc) is 2.35. The molecular formula is C17H20O. The normalized spacial score (nSPS) is 10.7. The fourth-order valence-corrected chi connectivity index (χ4v) is 2.39. The summed E-state index contributed by atoms with van der Waals surface area (Å²) in [6.45, 7) is 8.22. The van der Waals surface area contributed by atoms with Gasteiger partial charge in [0.1, 0.15) is 5.75 Å². The highest BCUT2D eigenvalue weighted by Gasteiger charge is 2.06. The Morgan fingerprint density at radius 1 is 0.833 bits per heavy atom. The number of aryl methyl sites for hydroxylation is 4. The molecule has 0 saturated heterocycles. The van der Waals surface area contributed by atoms with Gasteiger partial charge in [-0.05, 0) is 72.7 Å². The van der Waals surface area contributed by atoms with E-state index in [-0.39, 0.29) is 0 Å². The van der Waals surface area contributed by atoms with Crippen LogP contribution in [0.1, 0.15) is 29.2 Å². The molecule has 0 amide bonds. The van der Waals surface area contributed by atoms with Crippen LogP contribution in [0.25, 0.3) is 11.1 Å². The first-order valence-electron chi connectivity index (χ1n) is 6.43. The fourth-order valence-electron chi connectivity index (χ4n) is 2.39. The molecule has 1 nitrogen and oxygen atoms in total. The van der Waals surface area contributed by atoms with Crippen LogP contribution in [0, 0.1) is 20.8 Å². The van der Waals surface area contributed by atoms with Crippen molar-refractivity contribution in [2.24, 2.45) is 0 Å². The van der Waals surface area contributed by atoms with Crippen molar-refractivity contribution in [3.63, 3.8) is 0 Å². The van der Waals surface area contributed by atoms with E-state index in [9.17, 15) is 5.11 Å². The molecule has 1 N–H and O–H groups in total. The minimum atomic E-state index is 0.403. The second-order valence-corrected chi connectivity index (χ2v) is 4.95. The first-order chi connectivity index (χ1) is 8.52. The zero-order valence-corrected chi connectivity index (χ0v) is 11.5. The van der Waals surface area contributed by atoms with Gasteiger partial charge in [0.15, 0.2) is 0 Å². The molecule has 0 unspecified atom stereocenters. The number of rotatable bonds is 2. The summed E-state index contributed by atoms with van der Waals surface area (Å²) in [6, 6.07) is 10.7. The Morgan fingerprint density at radius 3 is 1.89 bits per heavy atom. The van der Waals surface area contributed by atoms with Crippen LogP contribution in [0.2, 0.25) is 0 Å². The second-order valence-electron chi connectivity index (χ2n) is 4.95. The number of hydrogen-bond acceptors (Lipinski definition) is 1. The van der Waals surface area contributed by atoms with Gasteiger partial charge in [0.25, 0.3) is 0 Å². The molecule has 0 heterocycles. The second kappa shape index (κ2) is 4.85. The molecule has 0 saturated carbocycles. The van der Waals surface area contributed by atoms with Crippen molar-refractivity contribution < 1.29 is 5.11 Å². The van der Waals surface area contributed by atoms with Crippen molar-refractivity contribution in [3.8, 4) is 16.9 Å². The minimum Gasteiger partial charge on any atom is -0.507 e. The Labute approximate surface area is 109 Å². The summed E-state index contributed by atoms with van der Waals surface area (Å²) in [5.74, 6) is 0.403. The van der Waals surface area contributed by atoms with Crippen molar-refractivity contribution >= 4 is 0 Å². The molecule has 18 heavy (non-hydrogen) atoms. The molecule has 0 aromatic heterocycles. The molecule has 0 atom stereocenters. The molecule has 0 aliphatic carbocycles. The topological polar surface area (TPSA) is 20.2 Å². The maximum absolute atomic E-state index is 9.81. The molecule has 0 aliphatic heterocycles. The van der Waals surface area contributed by atoms with Crippen LogP contribution < -0.4 is 0 Å². The van der Waals surface area contributed by atoms with Crippen molar-refractivity contribution in [2.75, 3.05) is 0 Å². The van der Waals surface area contributed by atoms with Gasteiger partial charge < -0.3 is 5.11 Å². The minimum absolute atomic E-state index is 0.403. The van der Waals surface area contributed by atoms with Crippen LogP contribution >= 0.6 is 0 Å². The predicted molar refractivity (Wildman–Crippen MR) is 77.1 cm³/mol. The number of phenols is 1. The molecule has 0 aliphatic rings. The molecule has 0 bridgehead atoms. The van der Waals surface area contributed by atoms with Crippen LogP contribution in [-0.4, -0.2) is 5.11 Å². The fraction of sp³-hybridized carbons (Fsp3) is 0.294. The molecule has 0 fully saturated rings. The lowest BCUT2D eigenvalue weighted by Gasteiger charge is -2.10. The van der Waals surface area contributed by atoms with E-state index >= 15 is 0 Å². The molecular weight excluding hydrogens is 220 g/mol. The summed E-state index contributed by atoms with van der Waals surface area (Å²) >= 11 is 0. The maximum atomic E-state index is 9.81. The van der Waals surface area contributed by atoms with E-state index in [1.165, 1.54) is 22.3 Å². The smallest absolute Gasteiger partial charge is 0.121 e. The Balaban J connectivity index is 2.52. The lowest BCUT2D eigenvalue weighted by Crippen LogP contribution is -1.89. The van der Waals surface area contributed by atoms with E-state index in [1.54, 1.807) is 0 Å². The zero-order chi connectivity index (χ0) is 13.3. The van der Waals surface area contributed by atoms with Gasteiger partial charge in [-0.2, -0.15) is 0 Å². The quantitative estimate of drug-likeness (QED) is 0.816. The van der Waals surface area contributed by atoms with Crippen molar-refractivity contribution in [1.29, 1.82) is 0 Å². The van der Waals surface area contributed by atoms with Crippen LogP contribution in [-0.2, 0) is 6.42 Å². The van der Waals surface area contributed by atoms with Crippen LogP contribution in [0.5, 0.6) is 5.75 Å². The number of hydrogen-bond donors (Lipinski definition) is 1. The Morgan fingerprint density at radius 2 is 1.39 bits per heavy atom. The van der Waals surface area contributed by atoms with Crippen molar-refractivity contribution in [2.45, 2.75) is 34.1 Å². The first-order valence-corrected chi connectivity index (χ1v) is 6.43. The maximum Gasteiger partial charge on any atom is 0.121 e. The zero-order valence-electron chi connectivity index (χ0n) is 11.5. The Bertz CT molecular complexity index is 559. The molecule has 2 aromatic rings. The summed E-state index contributed by atoms with van der Waals surface area (Å²) in [7, 11) is 0. The highest BCUT2D eigenvalue weighted by molar-refractivity contribution is 5.68. The number of aromatic hydroxyl groups is 1. The van der Waals surface area contributed by atoms with E-state index in [0.717, 1.165) is 17.5 Å². The summed E-state index contributed by atoms with van der Waals surface area (Å²) in [5, 5.41) is 9.81. The SMILES string of the molecule is CCc1ccc(-c2cc(C)c(O)c(C)c2)cc1C. The van der Waals surface area contributed by atoms with Crippen LogP contribution in [0.15, 0.2) is 30.3 Å². The molecule has 1 heteroatoms. The van der Waals surface area contributed by atoms with Gasteiger partial charge >= 0.3 is 0 Å². The van der Waals surface area contributed by atoms with Gasteiger partial charge in [-0.25, -0.2) is 0 Å². The van der Waals surface area contributed by atoms with E-state index in [0.29, 0.717) is 5.75 Å². The number of benzene rings is 2. The summed E-state index contributed by atoms with van der Waals surface area (Å²) in [6.07, 6.45) is 1.07. The lowest BCUT2D eigenvalue weighted by atomic mass is 9.96. The third-order valence-corrected chi connectivity index (χ3v) is 3.55. The molecule has 2 rings (SSSR count). The van der Waals surface area contributed by atoms with Gasteiger partial charge in [0.05, 0.1) is 0 Å². The van der Waals surface area contributed by atoms with Gasteiger partial charge in [-0.3, -0.25) is 0 Å². The van der Waals surface area contributed by atoms with Gasteiger partial charge in [0.2, 0.25) is 0 Å². The van der Waals surface area contributed by atoms with Crippen molar-refractivity contribution in [1.82, 2.24) is 0 Å². The summed E-state index contributed by atoms with van der Waals surface area (Å²) in [4.78, 5) is 0. The van der Waals surface area contributed by atoms with Crippen LogP contribution in [0.4, 0.5) is 0 Å². The van der Waals surface area contributed by atoms with Gasteiger partial charge in [-0.15, -0.1) is 0 Å². The molecule has 2 aromatic carbocycles. The molecule has 0 radical (unpaired) electrons. The first kappa shape index (κ1) is 12.7. The summed E-state index contributed by atoms with van der Waals surface area (Å²) < 4.78 is 0. The third kappa shape index (κ3) is 2.26. The third-order valence-electron chi connectivity index (χ3n) is 3.55. The molecule has 94 valence electrons. The number of phenolic OH excluding ortho intramolecular Hbond substituents is 1. The van der Waals surface area contributed by atoms with Crippen molar-refractivity contribution in [3.05, 3.63) is 52.6 Å². The highest BCUT2D eigenvalue weighted by Crippen LogP contribution is 2.30. The predicted octanol–water partition coefficient (Wildman–Crippen LogP) is 4.55. The molecule has 0 spiro atoms. The highest BCUT2D eigenvalue weighted by atomic mass is 16.3. The largest absolute Gasteiger partial charge is 0.507 e. The van der Waals surface area contributed by atoms with E-state index < -0.39 is 0 Å². The van der Waals surface area contributed by atoms with E-state index in [1.807, 2.05) is 26.0 Å². The lowest BCUT2D eigenvalue weighted by molar-refractivity contribution is 0.467. The Kier molecular flexibility index (Phi) is 3.42. The van der Waals surface area contributed by atoms with Crippen LogP contribution in [0.3, 0.4) is 0 Å². The monoisotopic (exact) mass is 240 g/mol. The van der Waals surface area contributed by atoms with E-state index in [4.69, 9.17) is 0 Å². The standard InChI is InChI=1S/C17H20O/c1-5-14-6-7-15(8-11(14)2)16-9-12(3)17(18)13(4)10-16/h6-10,18H,5H2,1-4H3. The van der Waals surface area contributed by atoms with E-state index in [2.05, 4.69) is 32.0 Å². The average molecular weight is 240 g/mol. The van der Waals surface area contributed by atoms with Gasteiger partial charge in [-0.1, -0.05) is 25.1 Å². The summed E-state index contributed by atoms with van der Waals surface area (Å²) in [5.41, 5.74) is 6.98.